The van der Waals surface area contributed by atoms with Crippen molar-refractivity contribution in [2.24, 2.45) is 5.92 Å². The largest absolute Gasteiger partial charge is 0.391 e. The van der Waals surface area contributed by atoms with Gasteiger partial charge in [-0.25, -0.2) is 21.9 Å². The number of nitrogens with one attached hydrogen (secondary N) is 1. The zero-order valence-electron chi connectivity index (χ0n) is 12.2. The van der Waals surface area contributed by atoms with E-state index in [1.807, 2.05) is 0 Å². The second-order valence-electron chi connectivity index (χ2n) is 5.28. The number of rotatable bonds is 8. The van der Waals surface area contributed by atoms with Crippen molar-refractivity contribution in [1.82, 2.24) is 4.72 Å². The molecule has 1 rings (SSSR count). The molecule has 1 aromatic carbocycles. The van der Waals surface area contributed by atoms with E-state index < -0.39 is 38.7 Å². The van der Waals surface area contributed by atoms with E-state index >= 15 is 0 Å². The molecule has 0 bridgehead atoms. The first-order valence-corrected chi connectivity index (χ1v) is 8.35. The highest BCUT2D eigenvalue weighted by molar-refractivity contribution is 7.89. The summed E-state index contributed by atoms with van der Waals surface area (Å²) in [5.74, 6) is -1.67. The fourth-order valence-corrected chi connectivity index (χ4v) is 3.07. The molecule has 0 saturated carbocycles. The Morgan fingerprint density at radius 3 is 2.48 bits per heavy atom. The second kappa shape index (κ2) is 7.82. The standard InChI is InChI=1S/C14H21F2NO3S/c1-10(2)5-3-4-8-17-21(19,20)13-7-6-12(15)11(9-18)14(13)16/h6-7,10,17-18H,3-5,8-9H2,1-2H3. The summed E-state index contributed by atoms with van der Waals surface area (Å²) < 4.78 is 53.4. The number of hydrogen-bond donors (Lipinski definition) is 2. The Bertz CT molecular complexity index is 574. The molecule has 0 saturated heterocycles. The molecule has 0 spiro atoms. The van der Waals surface area contributed by atoms with Crippen LogP contribution in [0.3, 0.4) is 0 Å². The van der Waals surface area contributed by atoms with Crippen molar-refractivity contribution in [2.45, 2.75) is 44.6 Å². The summed E-state index contributed by atoms with van der Waals surface area (Å²) in [5.41, 5.74) is -0.641. The highest BCUT2D eigenvalue weighted by Gasteiger charge is 2.22. The van der Waals surface area contributed by atoms with Crippen molar-refractivity contribution in [2.75, 3.05) is 6.54 Å². The van der Waals surface area contributed by atoms with Gasteiger partial charge < -0.3 is 5.11 Å². The van der Waals surface area contributed by atoms with Gasteiger partial charge in [0.2, 0.25) is 10.0 Å². The molecule has 0 aliphatic heterocycles. The quantitative estimate of drug-likeness (QED) is 0.723. The van der Waals surface area contributed by atoms with Crippen molar-refractivity contribution < 1.29 is 22.3 Å². The van der Waals surface area contributed by atoms with Gasteiger partial charge in [0.05, 0.1) is 12.2 Å². The number of unbranched alkanes of at least 4 members (excludes halogenated alkanes) is 1. The lowest BCUT2D eigenvalue weighted by Crippen LogP contribution is -2.26. The lowest BCUT2D eigenvalue weighted by Gasteiger charge is -2.10. The summed E-state index contributed by atoms with van der Waals surface area (Å²) in [4.78, 5) is -0.642. The normalized spacial score (nSPS) is 12.1. The first kappa shape index (κ1) is 18.0. The monoisotopic (exact) mass is 321 g/mol. The molecule has 1 aromatic rings. The van der Waals surface area contributed by atoms with Crippen LogP contribution >= 0.6 is 0 Å². The fourth-order valence-electron chi connectivity index (χ4n) is 1.89. The van der Waals surface area contributed by atoms with Gasteiger partial charge in [-0.2, -0.15) is 0 Å². The number of benzene rings is 1. The van der Waals surface area contributed by atoms with Gasteiger partial charge in [0.1, 0.15) is 10.7 Å². The topological polar surface area (TPSA) is 66.4 Å². The summed E-state index contributed by atoms with van der Waals surface area (Å²) >= 11 is 0. The Morgan fingerprint density at radius 2 is 1.90 bits per heavy atom. The summed E-state index contributed by atoms with van der Waals surface area (Å²) in [7, 11) is -4.04. The molecule has 0 aromatic heterocycles. The van der Waals surface area contributed by atoms with Gasteiger partial charge >= 0.3 is 0 Å². The van der Waals surface area contributed by atoms with Gasteiger partial charge in [0.15, 0.2) is 5.82 Å². The molecule has 0 radical (unpaired) electrons. The molecular weight excluding hydrogens is 300 g/mol. The van der Waals surface area contributed by atoms with E-state index in [2.05, 4.69) is 18.6 Å². The zero-order chi connectivity index (χ0) is 16.0. The van der Waals surface area contributed by atoms with Crippen LogP contribution in [0.25, 0.3) is 0 Å². The van der Waals surface area contributed by atoms with E-state index in [4.69, 9.17) is 5.11 Å². The Kier molecular flexibility index (Phi) is 6.70. The van der Waals surface area contributed by atoms with Crippen LogP contribution in [0.2, 0.25) is 0 Å². The van der Waals surface area contributed by atoms with Crippen molar-refractivity contribution >= 4 is 10.0 Å². The van der Waals surface area contributed by atoms with Crippen LogP contribution in [0.5, 0.6) is 0 Å². The third-order valence-corrected chi connectivity index (χ3v) is 4.58. The highest BCUT2D eigenvalue weighted by Crippen LogP contribution is 2.21. The average Bonchev–Trinajstić information content (AvgIpc) is 2.38. The van der Waals surface area contributed by atoms with E-state index in [1.54, 1.807) is 0 Å². The van der Waals surface area contributed by atoms with Gasteiger partial charge in [0.25, 0.3) is 0 Å². The van der Waals surface area contributed by atoms with Gasteiger partial charge in [-0.3, -0.25) is 0 Å². The molecule has 7 heteroatoms. The number of aliphatic hydroxyl groups excluding tert-OH is 1. The zero-order valence-corrected chi connectivity index (χ0v) is 13.0. The first-order valence-electron chi connectivity index (χ1n) is 6.87. The molecule has 0 aliphatic carbocycles. The van der Waals surface area contributed by atoms with E-state index in [-0.39, 0.29) is 6.54 Å². The molecular formula is C14H21F2NO3S. The maximum atomic E-state index is 13.9. The molecule has 0 aliphatic rings. The molecule has 0 amide bonds. The van der Waals surface area contributed by atoms with Crippen LogP contribution in [-0.2, 0) is 16.6 Å². The third kappa shape index (κ3) is 5.01. The highest BCUT2D eigenvalue weighted by atomic mass is 32.2. The summed E-state index contributed by atoms with van der Waals surface area (Å²) in [5, 5.41) is 8.89. The molecule has 0 heterocycles. The van der Waals surface area contributed by atoms with Gasteiger partial charge in [-0.05, 0) is 24.5 Å². The molecule has 0 atom stereocenters. The van der Waals surface area contributed by atoms with E-state index in [1.165, 1.54) is 0 Å². The summed E-state index contributed by atoms with van der Waals surface area (Å²) in [6.07, 6.45) is 2.50. The van der Waals surface area contributed by atoms with Crippen LogP contribution in [0.4, 0.5) is 8.78 Å². The van der Waals surface area contributed by atoms with Crippen LogP contribution in [0, 0.1) is 17.6 Å². The van der Waals surface area contributed by atoms with Crippen LogP contribution < -0.4 is 4.72 Å². The number of aliphatic hydroxyl groups is 1. The molecule has 4 nitrogen and oxygen atoms in total. The minimum absolute atomic E-state index is 0.195. The smallest absolute Gasteiger partial charge is 0.243 e. The molecule has 120 valence electrons. The predicted octanol–water partition coefficient (Wildman–Crippen LogP) is 2.56. The van der Waals surface area contributed by atoms with Crippen LogP contribution in [0.15, 0.2) is 17.0 Å². The maximum Gasteiger partial charge on any atom is 0.243 e. The first-order chi connectivity index (χ1) is 9.79. The van der Waals surface area contributed by atoms with Gasteiger partial charge in [0, 0.05) is 6.54 Å². The van der Waals surface area contributed by atoms with Crippen LogP contribution in [0.1, 0.15) is 38.7 Å². The third-order valence-electron chi connectivity index (χ3n) is 3.10. The van der Waals surface area contributed by atoms with Gasteiger partial charge in [-0.15, -0.1) is 0 Å². The number of hydrogen-bond acceptors (Lipinski definition) is 3. The Balaban J connectivity index is 2.75. The van der Waals surface area contributed by atoms with E-state index in [0.717, 1.165) is 25.0 Å². The van der Waals surface area contributed by atoms with Crippen molar-refractivity contribution in [3.63, 3.8) is 0 Å². The predicted molar refractivity (Wildman–Crippen MR) is 76.2 cm³/mol. The molecule has 21 heavy (non-hydrogen) atoms. The molecule has 0 fully saturated rings. The van der Waals surface area contributed by atoms with E-state index in [9.17, 15) is 17.2 Å². The summed E-state index contributed by atoms with van der Waals surface area (Å²) in [6, 6.07) is 1.70. The van der Waals surface area contributed by atoms with Crippen LogP contribution in [-0.4, -0.2) is 20.1 Å². The fraction of sp³-hybridized carbons (Fsp3) is 0.571. The minimum atomic E-state index is -4.04. The Labute approximate surface area is 124 Å². The summed E-state index contributed by atoms with van der Waals surface area (Å²) in [6.45, 7) is 3.46. The minimum Gasteiger partial charge on any atom is -0.391 e. The van der Waals surface area contributed by atoms with Crippen molar-refractivity contribution in [1.29, 1.82) is 0 Å². The lowest BCUT2D eigenvalue weighted by molar-refractivity contribution is 0.267. The van der Waals surface area contributed by atoms with E-state index in [0.29, 0.717) is 12.3 Å². The van der Waals surface area contributed by atoms with Crippen molar-refractivity contribution in [3.05, 3.63) is 29.3 Å². The Morgan fingerprint density at radius 1 is 1.24 bits per heavy atom. The SMILES string of the molecule is CC(C)CCCCNS(=O)(=O)c1ccc(F)c(CO)c1F. The molecule has 0 unspecified atom stereocenters. The number of halogens is 2. The lowest BCUT2D eigenvalue weighted by atomic mass is 10.1. The number of sulfonamides is 1. The van der Waals surface area contributed by atoms with Crippen molar-refractivity contribution in [3.8, 4) is 0 Å². The maximum absolute atomic E-state index is 13.9. The Hall–Kier alpha value is -1.05. The average molecular weight is 321 g/mol. The van der Waals surface area contributed by atoms with Gasteiger partial charge in [-0.1, -0.05) is 26.7 Å². The second-order valence-corrected chi connectivity index (χ2v) is 7.02. The molecule has 2 N–H and O–H groups in total.